The SMILES string of the molecule is N#Cc1ccc(-c2ccc(Nc3ncccc3N)cc2)cc1. The average molecular weight is 286 g/mol. The van der Waals surface area contributed by atoms with E-state index >= 15 is 0 Å². The van der Waals surface area contributed by atoms with Gasteiger partial charge in [-0.15, -0.1) is 0 Å². The van der Waals surface area contributed by atoms with Crippen molar-refractivity contribution < 1.29 is 0 Å². The van der Waals surface area contributed by atoms with Gasteiger partial charge < -0.3 is 11.1 Å². The average Bonchev–Trinajstić information content (AvgIpc) is 2.58. The molecule has 106 valence electrons. The molecule has 4 heteroatoms. The van der Waals surface area contributed by atoms with Crippen molar-refractivity contribution in [2.75, 3.05) is 11.1 Å². The van der Waals surface area contributed by atoms with Gasteiger partial charge in [0.05, 0.1) is 17.3 Å². The molecule has 0 aliphatic carbocycles. The third-order valence-electron chi connectivity index (χ3n) is 3.33. The van der Waals surface area contributed by atoms with E-state index in [4.69, 9.17) is 11.0 Å². The zero-order valence-corrected chi connectivity index (χ0v) is 11.8. The van der Waals surface area contributed by atoms with Gasteiger partial charge in [0.2, 0.25) is 0 Å². The molecule has 0 amide bonds. The summed E-state index contributed by atoms with van der Waals surface area (Å²) >= 11 is 0. The van der Waals surface area contributed by atoms with E-state index in [1.165, 1.54) is 0 Å². The van der Waals surface area contributed by atoms with Crippen LogP contribution < -0.4 is 11.1 Å². The second kappa shape index (κ2) is 5.98. The van der Waals surface area contributed by atoms with Crippen LogP contribution in [0.4, 0.5) is 17.2 Å². The van der Waals surface area contributed by atoms with Crippen LogP contribution in [0.25, 0.3) is 11.1 Å². The van der Waals surface area contributed by atoms with Gasteiger partial charge in [-0.2, -0.15) is 5.26 Å². The Morgan fingerprint density at radius 3 is 2.14 bits per heavy atom. The van der Waals surface area contributed by atoms with Gasteiger partial charge in [0, 0.05) is 11.9 Å². The third-order valence-corrected chi connectivity index (χ3v) is 3.33. The van der Waals surface area contributed by atoms with Crippen LogP contribution in [0.1, 0.15) is 5.56 Å². The number of pyridine rings is 1. The third kappa shape index (κ3) is 2.89. The highest BCUT2D eigenvalue weighted by Gasteiger charge is 2.02. The smallest absolute Gasteiger partial charge is 0.153 e. The predicted octanol–water partition coefficient (Wildman–Crippen LogP) is 3.95. The number of anilines is 3. The lowest BCUT2D eigenvalue weighted by Crippen LogP contribution is -1.98. The highest BCUT2D eigenvalue weighted by Crippen LogP contribution is 2.24. The van der Waals surface area contributed by atoms with E-state index in [1.54, 1.807) is 18.3 Å². The minimum Gasteiger partial charge on any atom is -0.396 e. The van der Waals surface area contributed by atoms with E-state index in [9.17, 15) is 0 Å². The zero-order chi connectivity index (χ0) is 15.4. The molecule has 0 aliphatic heterocycles. The number of aromatic nitrogens is 1. The molecule has 0 fully saturated rings. The van der Waals surface area contributed by atoms with Crippen molar-refractivity contribution in [1.29, 1.82) is 5.26 Å². The molecule has 0 bridgehead atoms. The van der Waals surface area contributed by atoms with Crippen molar-refractivity contribution in [2.45, 2.75) is 0 Å². The van der Waals surface area contributed by atoms with Crippen LogP contribution in [0.3, 0.4) is 0 Å². The molecule has 3 N–H and O–H groups in total. The number of nitrogen functional groups attached to an aromatic ring is 1. The van der Waals surface area contributed by atoms with Gasteiger partial charge in [-0.1, -0.05) is 24.3 Å². The van der Waals surface area contributed by atoms with E-state index in [0.29, 0.717) is 17.1 Å². The van der Waals surface area contributed by atoms with E-state index in [0.717, 1.165) is 16.8 Å². The van der Waals surface area contributed by atoms with Gasteiger partial charge in [-0.25, -0.2) is 4.98 Å². The molecule has 1 aromatic heterocycles. The summed E-state index contributed by atoms with van der Waals surface area (Å²) in [6, 6.07) is 21.2. The van der Waals surface area contributed by atoms with Crippen LogP contribution in [0, 0.1) is 11.3 Å². The van der Waals surface area contributed by atoms with E-state index in [2.05, 4.69) is 16.4 Å². The lowest BCUT2D eigenvalue weighted by atomic mass is 10.0. The summed E-state index contributed by atoms with van der Waals surface area (Å²) in [6.45, 7) is 0. The Morgan fingerprint density at radius 2 is 1.55 bits per heavy atom. The van der Waals surface area contributed by atoms with E-state index in [1.807, 2.05) is 48.5 Å². The Morgan fingerprint density at radius 1 is 0.909 bits per heavy atom. The molecule has 0 atom stereocenters. The highest BCUT2D eigenvalue weighted by molar-refractivity contribution is 5.71. The number of rotatable bonds is 3. The van der Waals surface area contributed by atoms with Gasteiger partial charge in [0.15, 0.2) is 5.82 Å². The quantitative estimate of drug-likeness (QED) is 0.764. The molecule has 0 saturated heterocycles. The first kappa shape index (κ1) is 13.7. The number of nitrogens with zero attached hydrogens (tertiary/aromatic N) is 2. The standard InChI is InChI=1S/C18H14N4/c19-12-13-3-5-14(6-4-13)15-7-9-16(10-8-15)22-18-17(20)2-1-11-21-18/h1-11H,20H2,(H,21,22). The van der Waals surface area contributed by atoms with E-state index < -0.39 is 0 Å². The summed E-state index contributed by atoms with van der Waals surface area (Å²) in [5.74, 6) is 0.647. The number of nitrogens with two attached hydrogens (primary N) is 1. The van der Waals surface area contributed by atoms with Crippen molar-refractivity contribution in [1.82, 2.24) is 4.98 Å². The summed E-state index contributed by atoms with van der Waals surface area (Å²) in [5.41, 5.74) is 10.2. The second-order valence-corrected chi connectivity index (χ2v) is 4.83. The van der Waals surface area contributed by atoms with Crippen LogP contribution in [0.5, 0.6) is 0 Å². The maximum atomic E-state index is 8.82. The van der Waals surface area contributed by atoms with E-state index in [-0.39, 0.29) is 0 Å². The van der Waals surface area contributed by atoms with Gasteiger partial charge in [-0.3, -0.25) is 0 Å². The molecular formula is C18H14N4. The second-order valence-electron chi connectivity index (χ2n) is 4.83. The Bertz CT molecular complexity index is 815. The van der Waals surface area contributed by atoms with Crippen molar-refractivity contribution in [3.05, 3.63) is 72.4 Å². The largest absolute Gasteiger partial charge is 0.396 e. The summed E-state index contributed by atoms with van der Waals surface area (Å²) in [7, 11) is 0. The van der Waals surface area contributed by atoms with Crippen LogP contribution in [-0.4, -0.2) is 4.98 Å². The van der Waals surface area contributed by atoms with Crippen molar-refractivity contribution in [2.24, 2.45) is 0 Å². The lowest BCUT2D eigenvalue weighted by Gasteiger charge is -2.09. The van der Waals surface area contributed by atoms with Crippen LogP contribution in [-0.2, 0) is 0 Å². The summed E-state index contributed by atoms with van der Waals surface area (Å²) in [6.07, 6.45) is 1.70. The molecule has 3 aromatic rings. The molecule has 0 spiro atoms. The van der Waals surface area contributed by atoms with Crippen LogP contribution in [0.15, 0.2) is 66.9 Å². The first-order chi connectivity index (χ1) is 10.8. The maximum absolute atomic E-state index is 8.82. The highest BCUT2D eigenvalue weighted by atomic mass is 15.0. The maximum Gasteiger partial charge on any atom is 0.153 e. The minimum atomic E-state index is 0.610. The lowest BCUT2D eigenvalue weighted by molar-refractivity contribution is 1.31. The number of nitriles is 1. The fourth-order valence-corrected chi connectivity index (χ4v) is 2.14. The normalized spacial score (nSPS) is 9.95. The molecule has 0 saturated carbocycles. The van der Waals surface area contributed by atoms with Gasteiger partial charge in [-0.05, 0) is 47.5 Å². The Kier molecular flexibility index (Phi) is 3.71. The van der Waals surface area contributed by atoms with Gasteiger partial charge in [0.25, 0.3) is 0 Å². The molecule has 3 rings (SSSR count). The van der Waals surface area contributed by atoms with Crippen molar-refractivity contribution >= 4 is 17.2 Å². The van der Waals surface area contributed by atoms with Gasteiger partial charge >= 0.3 is 0 Å². The first-order valence-corrected chi connectivity index (χ1v) is 6.84. The number of nitrogens with one attached hydrogen (secondary N) is 1. The number of hydrogen-bond donors (Lipinski definition) is 2. The molecule has 0 aliphatic rings. The Hall–Kier alpha value is -3.32. The molecule has 4 nitrogen and oxygen atoms in total. The Labute approximate surface area is 128 Å². The fraction of sp³-hybridized carbons (Fsp3) is 0. The first-order valence-electron chi connectivity index (χ1n) is 6.84. The topological polar surface area (TPSA) is 74.7 Å². The van der Waals surface area contributed by atoms with Crippen molar-refractivity contribution in [3.8, 4) is 17.2 Å². The number of hydrogen-bond acceptors (Lipinski definition) is 4. The van der Waals surface area contributed by atoms with Crippen LogP contribution in [0.2, 0.25) is 0 Å². The molecule has 1 heterocycles. The fourth-order valence-electron chi connectivity index (χ4n) is 2.14. The summed E-state index contributed by atoms with van der Waals surface area (Å²) in [5, 5.41) is 12.0. The molecule has 22 heavy (non-hydrogen) atoms. The molecule has 0 unspecified atom stereocenters. The molecular weight excluding hydrogens is 272 g/mol. The number of benzene rings is 2. The Balaban J connectivity index is 1.80. The predicted molar refractivity (Wildman–Crippen MR) is 88.5 cm³/mol. The zero-order valence-electron chi connectivity index (χ0n) is 11.8. The van der Waals surface area contributed by atoms with Gasteiger partial charge in [0.1, 0.15) is 0 Å². The molecule has 0 radical (unpaired) electrons. The summed E-state index contributed by atoms with van der Waals surface area (Å²) in [4.78, 5) is 4.21. The van der Waals surface area contributed by atoms with Crippen molar-refractivity contribution in [3.63, 3.8) is 0 Å². The summed E-state index contributed by atoms with van der Waals surface area (Å²) < 4.78 is 0. The van der Waals surface area contributed by atoms with Crippen LogP contribution >= 0.6 is 0 Å². The molecule has 2 aromatic carbocycles. The monoisotopic (exact) mass is 286 g/mol. The minimum absolute atomic E-state index is 0.610.